The SMILES string of the molecule is N#Cc1c(F)c(-n2c3ccccc3c3ccccc32)c(C#N)c(F)c1-n1c2ccccc2c2ccccc21.O=CO[O-].[C-]#[N+]c1c(F)c(F)c(C#N)c(F)c1F.[H-].[K+].[K+].c1ccc2c(c1)[nH]c1ccccc12. The average molecular weight is 1000 g/mol. The predicted molar refractivity (Wildman–Crippen MR) is 246 cm³/mol. The molecule has 0 atom stereocenters. The molecule has 0 fully saturated rings. The molecule has 0 spiro atoms. The van der Waals surface area contributed by atoms with Crippen molar-refractivity contribution in [2.24, 2.45) is 0 Å². The number of aromatic nitrogens is 3. The number of nitriles is 3. The number of carbonyl (C=O) groups is 1. The Hall–Kier alpha value is -6.60. The quantitative estimate of drug-likeness (QED) is 0.0410. The fourth-order valence-electron chi connectivity index (χ4n) is 8.23. The minimum Gasteiger partial charge on any atom is -1.00 e. The first kappa shape index (κ1) is 53.7. The number of halogens is 6. The Morgan fingerprint density at radius 1 is 0.493 bits per heavy atom. The maximum atomic E-state index is 16.6. The van der Waals surface area contributed by atoms with Gasteiger partial charge in [-0.05, 0) is 36.4 Å². The van der Waals surface area contributed by atoms with E-state index in [2.05, 4.69) is 63.2 Å². The number of aromatic amines is 1. The second kappa shape index (κ2) is 23.5. The minimum atomic E-state index is -1.85. The molecule has 71 heavy (non-hydrogen) atoms. The van der Waals surface area contributed by atoms with E-state index in [-0.39, 0.29) is 122 Å². The Labute approximate surface area is 485 Å². The van der Waals surface area contributed by atoms with E-state index in [1.807, 2.05) is 60.7 Å². The molecular weight excluding hydrogens is 975 g/mol. The fourth-order valence-corrected chi connectivity index (χ4v) is 8.23. The third kappa shape index (κ3) is 9.77. The summed E-state index contributed by atoms with van der Waals surface area (Å²) in [6.07, 6.45) is 0. The minimum absolute atomic E-state index is 0. The molecule has 0 amide bonds. The number of nitrogens with zero attached hydrogens (tertiary/aromatic N) is 6. The van der Waals surface area contributed by atoms with Gasteiger partial charge in [0.05, 0.1) is 28.6 Å². The monoisotopic (exact) mass is 1000 g/mol. The third-order valence-corrected chi connectivity index (χ3v) is 11.1. The van der Waals surface area contributed by atoms with Crippen molar-refractivity contribution in [3.8, 4) is 29.6 Å². The van der Waals surface area contributed by atoms with E-state index in [1.165, 1.54) is 30.9 Å². The van der Waals surface area contributed by atoms with Gasteiger partial charge in [-0.3, -0.25) is 4.79 Å². The summed E-state index contributed by atoms with van der Waals surface area (Å²) in [5, 5.41) is 43.0. The van der Waals surface area contributed by atoms with E-state index in [9.17, 15) is 28.1 Å². The molecule has 11 rings (SSSR count). The maximum Gasteiger partial charge on any atom is 1.00 e. The topological polar surface area (TPSA) is 151 Å². The van der Waals surface area contributed by atoms with Crippen molar-refractivity contribution in [2.45, 2.75) is 0 Å². The van der Waals surface area contributed by atoms with Gasteiger partial charge < -0.3 is 25.7 Å². The molecule has 0 aliphatic carbocycles. The molecule has 11 aromatic rings. The molecule has 0 saturated heterocycles. The van der Waals surface area contributed by atoms with Crippen LogP contribution < -0.4 is 108 Å². The normalized spacial score (nSPS) is 10.2. The van der Waals surface area contributed by atoms with Gasteiger partial charge in [0.2, 0.25) is 0 Å². The number of fused-ring (bicyclic) bond motifs is 9. The maximum absolute atomic E-state index is 16.6. The van der Waals surface area contributed by atoms with Gasteiger partial charge in [-0.2, -0.15) is 15.8 Å². The van der Waals surface area contributed by atoms with E-state index in [0.717, 1.165) is 27.6 Å². The molecule has 0 unspecified atom stereocenters. The summed E-state index contributed by atoms with van der Waals surface area (Å²) >= 11 is 0. The number of para-hydroxylation sites is 6. The van der Waals surface area contributed by atoms with Crippen LogP contribution in [0.25, 0.3) is 81.6 Å². The first-order valence-corrected chi connectivity index (χ1v) is 20.2. The summed E-state index contributed by atoms with van der Waals surface area (Å²) in [6, 6.07) is 51.0. The fraction of sp³-hybridized carbons (Fsp3) is 0. The number of H-pyrrole nitrogens is 1. The number of nitrogens with one attached hydrogen (secondary N) is 1. The van der Waals surface area contributed by atoms with E-state index in [4.69, 9.17) is 21.9 Å². The molecule has 3 heterocycles. The summed E-state index contributed by atoms with van der Waals surface area (Å²) in [6.45, 7) is 6.09. The Bertz CT molecular complexity index is 3650. The Balaban J connectivity index is 0.000000232. The predicted octanol–water partition coefficient (Wildman–Crippen LogP) is 6.44. The first-order chi connectivity index (χ1) is 33.6. The van der Waals surface area contributed by atoms with Crippen LogP contribution >= 0.6 is 0 Å². The van der Waals surface area contributed by atoms with Crippen molar-refractivity contribution in [3.63, 3.8) is 0 Å². The number of hydrogen-bond donors (Lipinski definition) is 1. The van der Waals surface area contributed by atoms with Gasteiger partial charge in [-0.25, -0.2) is 31.2 Å². The second-order valence-electron chi connectivity index (χ2n) is 14.6. The van der Waals surface area contributed by atoms with Gasteiger partial charge in [0.25, 0.3) is 12.2 Å². The van der Waals surface area contributed by atoms with Crippen LogP contribution in [-0.2, 0) is 9.68 Å². The zero-order valence-electron chi connectivity index (χ0n) is 38.1. The van der Waals surface area contributed by atoms with Crippen molar-refractivity contribution in [3.05, 3.63) is 209 Å². The van der Waals surface area contributed by atoms with Crippen molar-refractivity contribution in [1.29, 1.82) is 15.8 Å². The van der Waals surface area contributed by atoms with Crippen LogP contribution in [0, 0.1) is 75.5 Å². The van der Waals surface area contributed by atoms with Crippen LogP contribution in [0.4, 0.5) is 32.0 Å². The molecule has 0 aliphatic heterocycles. The number of carbonyl (C=O) groups excluding carboxylic acids is 1. The molecule has 10 nitrogen and oxygen atoms in total. The average Bonchev–Trinajstić information content (AvgIpc) is 4.05. The summed E-state index contributed by atoms with van der Waals surface area (Å²) in [5.41, 5.74) is 0.614. The van der Waals surface area contributed by atoms with Crippen LogP contribution in [-0.4, -0.2) is 20.6 Å². The number of rotatable bonds is 3. The zero-order valence-corrected chi connectivity index (χ0v) is 43.4. The van der Waals surface area contributed by atoms with Gasteiger partial charge in [0, 0.05) is 43.4 Å². The molecule has 0 aliphatic rings. The first-order valence-electron chi connectivity index (χ1n) is 20.2. The Morgan fingerprint density at radius 2 is 0.775 bits per heavy atom. The molecule has 3 aromatic heterocycles. The van der Waals surface area contributed by atoms with Crippen molar-refractivity contribution < 1.29 is 145 Å². The van der Waals surface area contributed by atoms with Crippen molar-refractivity contribution in [2.75, 3.05) is 0 Å². The van der Waals surface area contributed by atoms with Crippen molar-refractivity contribution in [1.82, 2.24) is 14.1 Å². The molecule has 1 N–H and O–H groups in total. The number of benzene rings is 8. The molecular formula is C53H27F6K2N7O3. The number of hydrogen-bond acceptors (Lipinski definition) is 6. The molecule has 0 radical (unpaired) electrons. The van der Waals surface area contributed by atoms with E-state index >= 15 is 8.78 Å². The van der Waals surface area contributed by atoms with E-state index in [1.54, 1.807) is 48.5 Å². The van der Waals surface area contributed by atoms with Gasteiger partial charge in [0.1, 0.15) is 46.3 Å². The van der Waals surface area contributed by atoms with E-state index in [0.29, 0.717) is 22.1 Å². The molecule has 8 aromatic carbocycles. The van der Waals surface area contributed by atoms with Crippen molar-refractivity contribution >= 4 is 77.6 Å². The van der Waals surface area contributed by atoms with Crippen LogP contribution in [0.3, 0.4) is 0 Å². The van der Waals surface area contributed by atoms with Crippen LogP contribution in [0.5, 0.6) is 0 Å². The molecule has 0 saturated carbocycles. The largest absolute Gasteiger partial charge is 1.00 e. The van der Waals surface area contributed by atoms with Gasteiger partial charge >= 0.3 is 103 Å². The summed E-state index contributed by atoms with van der Waals surface area (Å²) in [5.74, 6) is -9.30. The molecule has 0 bridgehead atoms. The summed E-state index contributed by atoms with van der Waals surface area (Å²) in [7, 11) is 0. The summed E-state index contributed by atoms with van der Waals surface area (Å²) in [4.78, 5) is 16.9. The van der Waals surface area contributed by atoms with E-state index < -0.39 is 57.3 Å². The van der Waals surface area contributed by atoms with Gasteiger partial charge in [0.15, 0.2) is 34.9 Å². The van der Waals surface area contributed by atoms with Crippen LogP contribution in [0.15, 0.2) is 146 Å². The second-order valence-corrected chi connectivity index (χ2v) is 14.6. The molecule has 336 valence electrons. The standard InChI is InChI=1S/C32H16F2N4.C12H9N.C8F4N2.CH2O3.2K.H/c33-29-24(18-36)32(38-27-15-7-3-11-21(27)22-12-4-8-16-28(22)38)30(34)23(17-35)31(29)37-25-13-5-1-9-19(25)20-10-2-6-14-26(20)37;1-3-7-11-9(5-1)10-6-2-4-8-12(10)13-11;1-14-8-6(11)4(9)3(2-13)5(10)7(8)12;2-1-4-3;;;/h1-16H;1-8,13H;;1,3H;;;/q;;;;2*+1;-1/p-1. The Morgan fingerprint density at radius 3 is 1.06 bits per heavy atom. The third-order valence-electron chi connectivity index (χ3n) is 11.1. The Kier molecular flexibility index (Phi) is 17.8. The van der Waals surface area contributed by atoms with Gasteiger partial charge in [-0.1, -0.05) is 109 Å². The zero-order chi connectivity index (χ0) is 48.9. The summed E-state index contributed by atoms with van der Waals surface area (Å²) < 4.78 is 87.2. The van der Waals surface area contributed by atoms with Crippen LogP contribution in [0.2, 0.25) is 0 Å². The van der Waals surface area contributed by atoms with Gasteiger partial charge in [-0.15, -0.1) is 0 Å². The smallest absolute Gasteiger partial charge is 1.00 e. The van der Waals surface area contributed by atoms with Crippen LogP contribution in [0.1, 0.15) is 18.1 Å². The molecule has 18 heteroatoms.